The molecule has 23 heavy (non-hydrogen) atoms. The van der Waals surface area contributed by atoms with Crippen LogP contribution in [-0.2, 0) is 9.53 Å². The van der Waals surface area contributed by atoms with Crippen LogP contribution in [0.4, 0.5) is 0 Å². The molecule has 0 heterocycles. The van der Waals surface area contributed by atoms with E-state index in [9.17, 15) is 4.79 Å². The van der Waals surface area contributed by atoms with E-state index in [-0.39, 0.29) is 10.8 Å². The molecule has 2 fully saturated rings. The van der Waals surface area contributed by atoms with E-state index < -0.39 is 0 Å². The largest absolute Gasteiger partial charge is 0.501 e. The highest BCUT2D eigenvalue weighted by atomic mass is 16.5. The van der Waals surface area contributed by atoms with Crippen molar-refractivity contribution < 1.29 is 9.53 Å². The van der Waals surface area contributed by atoms with E-state index in [4.69, 9.17) is 4.74 Å². The average molecular weight is 310 g/mol. The molecular formula is C21H26O2. The number of allylic oxidation sites excluding steroid dienone is 6. The molecule has 5 rings (SSSR count). The van der Waals surface area contributed by atoms with Crippen LogP contribution in [0.1, 0.15) is 46.0 Å². The second-order valence-corrected chi connectivity index (χ2v) is 8.83. The summed E-state index contributed by atoms with van der Waals surface area (Å²) in [6.07, 6.45) is 12.6. The molecule has 2 heteroatoms. The Kier molecular flexibility index (Phi) is 2.57. The van der Waals surface area contributed by atoms with Gasteiger partial charge in [0.1, 0.15) is 5.78 Å². The molecule has 0 aromatic rings. The lowest BCUT2D eigenvalue weighted by Gasteiger charge is -2.51. The van der Waals surface area contributed by atoms with Gasteiger partial charge in [0.15, 0.2) is 0 Å². The molecule has 2 nitrogen and oxygen atoms in total. The van der Waals surface area contributed by atoms with Gasteiger partial charge < -0.3 is 4.74 Å². The number of hydrogen-bond donors (Lipinski definition) is 0. The molecule has 6 atom stereocenters. The van der Waals surface area contributed by atoms with Crippen molar-refractivity contribution in [3.63, 3.8) is 0 Å². The van der Waals surface area contributed by atoms with Gasteiger partial charge in [0, 0.05) is 23.2 Å². The average Bonchev–Trinajstić information content (AvgIpc) is 3.28. The predicted octanol–water partition coefficient (Wildman–Crippen LogP) is 4.43. The van der Waals surface area contributed by atoms with E-state index in [2.05, 4.69) is 32.1 Å². The molecule has 2 unspecified atom stereocenters. The number of carbonyl (C=O) groups is 1. The second kappa shape index (κ2) is 4.20. The summed E-state index contributed by atoms with van der Waals surface area (Å²) in [7, 11) is 1.78. The monoisotopic (exact) mass is 310 g/mol. The predicted molar refractivity (Wildman–Crippen MR) is 89.5 cm³/mol. The molecule has 0 aromatic carbocycles. The number of methoxy groups -OCH3 is 1. The van der Waals surface area contributed by atoms with Gasteiger partial charge in [0.2, 0.25) is 0 Å². The maximum absolute atomic E-state index is 12.8. The summed E-state index contributed by atoms with van der Waals surface area (Å²) in [5.41, 5.74) is 3.20. The quantitative estimate of drug-likeness (QED) is 0.670. The van der Waals surface area contributed by atoms with Gasteiger partial charge in [-0.15, -0.1) is 0 Å². The summed E-state index contributed by atoms with van der Waals surface area (Å²) < 4.78 is 5.50. The number of fused-ring (bicyclic) bond motifs is 7. The lowest BCUT2D eigenvalue weighted by atomic mass is 9.52. The van der Waals surface area contributed by atoms with E-state index in [0.29, 0.717) is 29.5 Å². The number of hydrogen-bond acceptors (Lipinski definition) is 2. The van der Waals surface area contributed by atoms with E-state index in [1.165, 1.54) is 12.0 Å². The van der Waals surface area contributed by atoms with Crippen molar-refractivity contribution in [2.45, 2.75) is 46.0 Å². The van der Waals surface area contributed by atoms with Gasteiger partial charge in [0.05, 0.1) is 12.9 Å². The Morgan fingerprint density at radius 1 is 1.22 bits per heavy atom. The summed E-state index contributed by atoms with van der Waals surface area (Å²) in [6, 6.07) is 0. The first-order valence-electron chi connectivity index (χ1n) is 9.19. The first-order chi connectivity index (χ1) is 11.0. The van der Waals surface area contributed by atoms with Gasteiger partial charge >= 0.3 is 0 Å². The molecule has 2 saturated carbocycles. The molecule has 5 aliphatic rings. The maximum atomic E-state index is 12.8. The van der Waals surface area contributed by atoms with Crippen LogP contribution in [0.5, 0.6) is 0 Å². The Balaban J connectivity index is 1.59. The van der Waals surface area contributed by atoms with Crippen LogP contribution >= 0.6 is 0 Å². The molecule has 0 aromatic heterocycles. The topological polar surface area (TPSA) is 26.3 Å². The fourth-order valence-electron chi connectivity index (χ4n) is 6.46. The highest BCUT2D eigenvalue weighted by Gasteiger charge is 2.68. The molecule has 5 aliphatic carbocycles. The lowest BCUT2D eigenvalue weighted by Crippen LogP contribution is -2.45. The van der Waals surface area contributed by atoms with Crippen molar-refractivity contribution in [2.24, 2.45) is 34.5 Å². The molecule has 0 saturated heterocycles. The molecular weight excluding hydrogens is 284 g/mol. The van der Waals surface area contributed by atoms with Crippen molar-refractivity contribution in [3.8, 4) is 0 Å². The van der Waals surface area contributed by atoms with Gasteiger partial charge in [-0.25, -0.2) is 0 Å². The zero-order valence-electron chi connectivity index (χ0n) is 14.4. The fourth-order valence-corrected chi connectivity index (χ4v) is 6.46. The van der Waals surface area contributed by atoms with Crippen LogP contribution in [-0.4, -0.2) is 12.9 Å². The summed E-state index contributed by atoms with van der Waals surface area (Å²) in [4.78, 5) is 12.8. The molecule has 0 N–H and O–H groups in total. The zero-order chi connectivity index (χ0) is 16.0. The number of rotatable bonds is 1. The van der Waals surface area contributed by atoms with Crippen molar-refractivity contribution in [1.82, 2.24) is 0 Å². The number of carbonyl (C=O) groups excluding carboxylic acids is 1. The third-order valence-corrected chi connectivity index (χ3v) is 7.83. The Morgan fingerprint density at radius 2 is 2.04 bits per heavy atom. The van der Waals surface area contributed by atoms with Crippen molar-refractivity contribution in [1.29, 1.82) is 0 Å². The summed E-state index contributed by atoms with van der Waals surface area (Å²) >= 11 is 0. The highest BCUT2D eigenvalue weighted by molar-refractivity contribution is 5.93. The summed E-state index contributed by atoms with van der Waals surface area (Å²) in [5, 5.41) is 0. The van der Waals surface area contributed by atoms with Crippen molar-refractivity contribution in [2.75, 3.05) is 7.11 Å². The maximum Gasteiger partial charge on any atom is 0.142 e. The standard InChI is InChI=1S/C21H26O2/c1-20-8-6-13(23-3)10-12(20)4-5-14-17(20)7-9-21(2)18(14)15-11-16(15)19(21)22/h4,7,10,14-16,18H,5-6,8-9,11H2,1-3H3/t14?,15-,16+,18?,20+,21+/m1/s1. The SMILES string of the molecule is COC1=CC2=CCC3C(=CC[C@]4(C)C(=O)[C@H]5C[C@H]5C34)[C@@]2(C)CC1. The van der Waals surface area contributed by atoms with Crippen LogP contribution in [0.3, 0.4) is 0 Å². The summed E-state index contributed by atoms with van der Waals surface area (Å²) in [6.45, 7) is 4.67. The van der Waals surface area contributed by atoms with Gasteiger partial charge in [-0.3, -0.25) is 4.79 Å². The molecule has 0 amide bonds. The first kappa shape index (κ1) is 14.1. The van der Waals surface area contributed by atoms with E-state index in [0.717, 1.165) is 31.4 Å². The number of ether oxygens (including phenoxy) is 1. The minimum Gasteiger partial charge on any atom is -0.501 e. The van der Waals surface area contributed by atoms with E-state index >= 15 is 0 Å². The minimum absolute atomic E-state index is 0.0638. The van der Waals surface area contributed by atoms with Gasteiger partial charge in [-0.2, -0.15) is 0 Å². The third kappa shape index (κ3) is 1.58. The molecule has 0 aliphatic heterocycles. The highest BCUT2D eigenvalue weighted by Crippen LogP contribution is 2.70. The van der Waals surface area contributed by atoms with Crippen LogP contribution in [0, 0.1) is 34.5 Å². The minimum atomic E-state index is -0.0638. The van der Waals surface area contributed by atoms with Crippen LogP contribution in [0.2, 0.25) is 0 Å². The molecule has 0 radical (unpaired) electrons. The van der Waals surface area contributed by atoms with Crippen molar-refractivity contribution >= 4 is 5.78 Å². The fraction of sp³-hybridized carbons (Fsp3) is 0.667. The number of ketones is 1. The molecule has 122 valence electrons. The van der Waals surface area contributed by atoms with Crippen LogP contribution in [0.15, 0.2) is 35.1 Å². The van der Waals surface area contributed by atoms with Crippen LogP contribution < -0.4 is 0 Å². The zero-order valence-corrected chi connectivity index (χ0v) is 14.4. The normalized spacial score (nSPS) is 49.9. The number of Topliss-reactive ketones (excluding diaryl/α,β-unsaturated/α-hetero) is 1. The molecule has 0 spiro atoms. The lowest BCUT2D eigenvalue weighted by molar-refractivity contribution is -0.129. The van der Waals surface area contributed by atoms with Gasteiger partial charge in [0.25, 0.3) is 0 Å². The van der Waals surface area contributed by atoms with E-state index in [1.54, 1.807) is 12.7 Å². The van der Waals surface area contributed by atoms with Gasteiger partial charge in [-0.1, -0.05) is 31.6 Å². The van der Waals surface area contributed by atoms with E-state index in [1.807, 2.05) is 0 Å². The van der Waals surface area contributed by atoms with Gasteiger partial charge in [-0.05, 0) is 55.1 Å². The summed E-state index contributed by atoms with van der Waals surface area (Å²) in [5.74, 6) is 3.99. The Labute approximate surface area is 138 Å². The van der Waals surface area contributed by atoms with Crippen molar-refractivity contribution in [3.05, 3.63) is 35.1 Å². The Bertz CT molecular complexity index is 697. The Hall–Kier alpha value is -1.31. The molecule has 0 bridgehead atoms. The third-order valence-electron chi connectivity index (χ3n) is 7.83. The second-order valence-electron chi connectivity index (χ2n) is 8.83. The first-order valence-corrected chi connectivity index (χ1v) is 9.19. The van der Waals surface area contributed by atoms with Crippen LogP contribution in [0.25, 0.3) is 0 Å². The Morgan fingerprint density at radius 3 is 2.83 bits per heavy atom. The smallest absolute Gasteiger partial charge is 0.142 e.